The number of hydrogen-bond donors (Lipinski definition) is 1. The van der Waals surface area contributed by atoms with Gasteiger partial charge in [-0.3, -0.25) is 0 Å². The Morgan fingerprint density at radius 1 is 1.50 bits per heavy atom. The maximum Gasteiger partial charge on any atom is 0.156 e. The minimum atomic E-state index is 0.493. The lowest BCUT2D eigenvalue weighted by Gasteiger charge is -2.37. The van der Waals surface area contributed by atoms with Crippen LogP contribution in [0.4, 0.5) is 5.82 Å². The van der Waals surface area contributed by atoms with Gasteiger partial charge in [-0.15, -0.1) is 0 Å². The first-order chi connectivity index (χ1) is 8.77. The number of hydrogen-bond acceptors (Lipinski definition) is 4. The van der Waals surface area contributed by atoms with Crippen molar-refractivity contribution in [1.82, 2.24) is 19.9 Å². The average molecular weight is 245 g/mol. The summed E-state index contributed by atoms with van der Waals surface area (Å²) < 4.78 is 1.87. The van der Waals surface area contributed by atoms with Gasteiger partial charge in [-0.25, -0.2) is 9.50 Å². The fourth-order valence-electron chi connectivity index (χ4n) is 2.77. The number of nitrogens with one attached hydrogen (secondary N) is 1. The van der Waals surface area contributed by atoms with Crippen LogP contribution in [0.15, 0.2) is 24.7 Å². The second-order valence-corrected chi connectivity index (χ2v) is 5.07. The predicted octanol–water partition coefficient (Wildman–Crippen LogP) is 1.16. The normalized spacial score (nSPS) is 24.3. The van der Waals surface area contributed by atoms with Crippen LogP contribution in [-0.2, 0) is 0 Å². The first kappa shape index (κ1) is 11.5. The number of nitrogens with zero attached hydrogens (tertiary/aromatic N) is 4. The molecule has 18 heavy (non-hydrogen) atoms. The highest BCUT2D eigenvalue weighted by molar-refractivity contribution is 5.68. The van der Waals surface area contributed by atoms with E-state index in [4.69, 9.17) is 0 Å². The third-order valence-corrected chi connectivity index (χ3v) is 3.93. The minimum Gasteiger partial charge on any atom is -0.353 e. The number of piperidine rings is 1. The summed E-state index contributed by atoms with van der Waals surface area (Å²) in [5.41, 5.74) is 1.07. The number of likely N-dealkylation sites (N-methyl/N-ethyl adjacent to an activating group) is 1. The summed E-state index contributed by atoms with van der Waals surface area (Å²) in [5, 5.41) is 7.68. The second kappa shape index (κ2) is 4.57. The Kier molecular flexibility index (Phi) is 2.91. The zero-order valence-corrected chi connectivity index (χ0v) is 10.9. The monoisotopic (exact) mass is 245 g/mol. The summed E-state index contributed by atoms with van der Waals surface area (Å²) in [6.45, 7) is 4.46. The Labute approximate surface area is 107 Å². The molecule has 2 unspecified atom stereocenters. The molecule has 2 aromatic heterocycles. The standard InChI is InChI=1S/C13H19N5/c1-10-5-6-14-8-12(10)17(2)13-11-4-3-7-18(11)16-9-15-13/h3-4,7,9-10,12,14H,5-6,8H2,1-2H3. The largest absolute Gasteiger partial charge is 0.353 e. The Bertz CT molecular complexity index is 535. The van der Waals surface area contributed by atoms with E-state index >= 15 is 0 Å². The zero-order chi connectivity index (χ0) is 12.5. The molecule has 1 aliphatic heterocycles. The summed E-state index contributed by atoms with van der Waals surface area (Å²) in [6, 6.07) is 4.56. The smallest absolute Gasteiger partial charge is 0.156 e. The lowest BCUT2D eigenvalue weighted by Crippen LogP contribution is -2.49. The highest BCUT2D eigenvalue weighted by atomic mass is 15.3. The van der Waals surface area contributed by atoms with Crippen molar-refractivity contribution in [3.8, 4) is 0 Å². The van der Waals surface area contributed by atoms with Gasteiger partial charge in [0, 0.05) is 25.8 Å². The van der Waals surface area contributed by atoms with Crippen molar-refractivity contribution in [3.05, 3.63) is 24.7 Å². The third-order valence-electron chi connectivity index (χ3n) is 3.93. The topological polar surface area (TPSA) is 45.5 Å². The van der Waals surface area contributed by atoms with Crippen LogP contribution in [0.5, 0.6) is 0 Å². The average Bonchev–Trinajstić information content (AvgIpc) is 2.86. The lowest BCUT2D eigenvalue weighted by molar-refractivity contribution is 0.337. The van der Waals surface area contributed by atoms with Gasteiger partial charge in [0.2, 0.25) is 0 Å². The molecule has 1 saturated heterocycles. The number of fused-ring (bicyclic) bond motifs is 1. The van der Waals surface area contributed by atoms with Gasteiger partial charge in [0.05, 0.1) is 0 Å². The molecule has 0 saturated carbocycles. The van der Waals surface area contributed by atoms with Crippen LogP contribution >= 0.6 is 0 Å². The van der Waals surface area contributed by atoms with Gasteiger partial charge in [-0.1, -0.05) is 6.92 Å². The van der Waals surface area contributed by atoms with E-state index in [1.807, 2.05) is 16.8 Å². The molecule has 3 heterocycles. The van der Waals surface area contributed by atoms with Crippen LogP contribution in [-0.4, -0.2) is 40.8 Å². The van der Waals surface area contributed by atoms with Crippen LogP contribution in [0.3, 0.4) is 0 Å². The SMILES string of the molecule is CC1CCNCC1N(C)c1ncnn2cccc12. The van der Waals surface area contributed by atoms with E-state index in [9.17, 15) is 0 Å². The first-order valence-corrected chi connectivity index (χ1v) is 6.49. The summed E-state index contributed by atoms with van der Waals surface area (Å²) in [6.07, 6.45) is 4.80. The molecule has 1 N–H and O–H groups in total. The van der Waals surface area contributed by atoms with Gasteiger partial charge in [-0.2, -0.15) is 5.10 Å². The maximum absolute atomic E-state index is 4.45. The fourth-order valence-corrected chi connectivity index (χ4v) is 2.77. The summed E-state index contributed by atoms with van der Waals surface area (Å²) in [7, 11) is 2.13. The van der Waals surface area contributed by atoms with Crippen LogP contribution < -0.4 is 10.2 Å². The first-order valence-electron chi connectivity index (χ1n) is 6.49. The van der Waals surface area contributed by atoms with Crippen molar-refractivity contribution in [2.24, 2.45) is 5.92 Å². The molecular formula is C13H19N5. The molecule has 0 amide bonds. The van der Waals surface area contributed by atoms with E-state index in [0.29, 0.717) is 12.0 Å². The number of aromatic nitrogens is 3. The lowest BCUT2D eigenvalue weighted by atomic mass is 9.94. The van der Waals surface area contributed by atoms with E-state index in [-0.39, 0.29) is 0 Å². The van der Waals surface area contributed by atoms with Gasteiger partial charge in [-0.05, 0) is 31.0 Å². The van der Waals surface area contributed by atoms with Crippen molar-refractivity contribution < 1.29 is 0 Å². The summed E-state index contributed by atoms with van der Waals surface area (Å²) in [4.78, 5) is 6.74. The van der Waals surface area contributed by atoms with Crippen molar-refractivity contribution >= 4 is 11.3 Å². The zero-order valence-electron chi connectivity index (χ0n) is 10.9. The molecule has 3 rings (SSSR count). The molecule has 0 bridgehead atoms. The molecule has 1 fully saturated rings. The Morgan fingerprint density at radius 3 is 3.22 bits per heavy atom. The Morgan fingerprint density at radius 2 is 2.39 bits per heavy atom. The molecule has 5 nitrogen and oxygen atoms in total. The van der Waals surface area contributed by atoms with Crippen LogP contribution in [0.2, 0.25) is 0 Å². The Balaban J connectivity index is 1.95. The van der Waals surface area contributed by atoms with Crippen molar-refractivity contribution in [2.75, 3.05) is 25.0 Å². The third kappa shape index (κ3) is 1.84. The molecule has 0 aromatic carbocycles. The molecule has 1 aliphatic rings. The molecule has 2 aromatic rings. The number of anilines is 1. The maximum atomic E-state index is 4.45. The van der Waals surface area contributed by atoms with Gasteiger partial charge < -0.3 is 10.2 Å². The molecule has 96 valence electrons. The van der Waals surface area contributed by atoms with E-state index in [2.05, 4.69) is 40.3 Å². The van der Waals surface area contributed by atoms with Crippen molar-refractivity contribution in [1.29, 1.82) is 0 Å². The van der Waals surface area contributed by atoms with Crippen molar-refractivity contribution in [3.63, 3.8) is 0 Å². The van der Waals surface area contributed by atoms with Gasteiger partial charge in [0.15, 0.2) is 5.82 Å². The summed E-state index contributed by atoms with van der Waals surface area (Å²) >= 11 is 0. The van der Waals surface area contributed by atoms with Crippen LogP contribution in [0.1, 0.15) is 13.3 Å². The van der Waals surface area contributed by atoms with E-state index in [1.54, 1.807) is 6.33 Å². The highest BCUT2D eigenvalue weighted by Gasteiger charge is 2.26. The van der Waals surface area contributed by atoms with E-state index in [0.717, 1.165) is 24.4 Å². The highest BCUT2D eigenvalue weighted by Crippen LogP contribution is 2.24. The predicted molar refractivity (Wildman–Crippen MR) is 71.8 cm³/mol. The molecule has 0 aliphatic carbocycles. The van der Waals surface area contributed by atoms with Crippen LogP contribution in [0.25, 0.3) is 5.52 Å². The molecule has 2 atom stereocenters. The van der Waals surface area contributed by atoms with Gasteiger partial charge in [0.1, 0.15) is 11.8 Å². The minimum absolute atomic E-state index is 0.493. The molecule has 0 radical (unpaired) electrons. The fraction of sp³-hybridized carbons (Fsp3) is 0.538. The number of rotatable bonds is 2. The van der Waals surface area contributed by atoms with Crippen molar-refractivity contribution in [2.45, 2.75) is 19.4 Å². The molecule has 5 heteroatoms. The van der Waals surface area contributed by atoms with E-state index < -0.39 is 0 Å². The Hall–Kier alpha value is -1.62. The summed E-state index contributed by atoms with van der Waals surface area (Å²) in [5.74, 6) is 1.69. The van der Waals surface area contributed by atoms with Gasteiger partial charge >= 0.3 is 0 Å². The van der Waals surface area contributed by atoms with Crippen LogP contribution in [0, 0.1) is 5.92 Å². The van der Waals surface area contributed by atoms with Gasteiger partial charge in [0.25, 0.3) is 0 Å². The molecular weight excluding hydrogens is 226 g/mol. The second-order valence-electron chi connectivity index (χ2n) is 5.07. The van der Waals surface area contributed by atoms with E-state index in [1.165, 1.54) is 6.42 Å². The molecule has 0 spiro atoms. The quantitative estimate of drug-likeness (QED) is 0.862.